The highest BCUT2D eigenvalue weighted by Gasteiger charge is 2.34. The van der Waals surface area contributed by atoms with Crippen molar-refractivity contribution in [3.63, 3.8) is 0 Å². The van der Waals surface area contributed by atoms with Gasteiger partial charge in [-0.05, 0) is 25.3 Å². The highest BCUT2D eigenvalue weighted by molar-refractivity contribution is 6.32. The maximum Gasteiger partial charge on any atom is 0.312 e. The second-order valence-corrected chi connectivity index (χ2v) is 6.64. The fraction of sp³-hybridized carbons (Fsp3) is 0.556. The molecule has 1 fully saturated rings. The smallest absolute Gasteiger partial charge is 0.312 e. The first kappa shape index (κ1) is 20.3. The van der Waals surface area contributed by atoms with Crippen molar-refractivity contribution in [1.82, 2.24) is 0 Å². The van der Waals surface area contributed by atoms with Crippen LogP contribution in [0, 0.1) is 0 Å². The van der Waals surface area contributed by atoms with E-state index >= 15 is 0 Å². The number of quaternary nitrogens is 1. The largest absolute Gasteiger partial charge is 0.495 e. The zero-order valence-electron chi connectivity index (χ0n) is 15.4. The minimum Gasteiger partial charge on any atom is -0.495 e. The third kappa shape index (κ3) is 5.02. The lowest BCUT2D eigenvalue weighted by atomic mass is 10.1. The van der Waals surface area contributed by atoms with Crippen LogP contribution in [0.15, 0.2) is 12.1 Å². The Labute approximate surface area is 158 Å². The van der Waals surface area contributed by atoms with Gasteiger partial charge in [-0.1, -0.05) is 11.6 Å². The van der Waals surface area contributed by atoms with Crippen LogP contribution in [0.2, 0.25) is 5.02 Å². The third-order valence-electron chi connectivity index (χ3n) is 4.64. The molecule has 26 heavy (non-hydrogen) atoms. The first-order valence-electron chi connectivity index (χ1n) is 8.64. The van der Waals surface area contributed by atoms with Gasteiger partial charge in [0.2, 0.25) is 0 Å². The lowest BCUT2D eigenvalue weighted by Crippen LogP contribution is -3.17. The fourth-order valence-electron chi connectivity index (χ4n) is 3.20. The van der Waals surface area contributed by atoms with Crippen molar-refractivity contribution in [2.75, 3.05) is 39.7 Å². The van der Waals surface area contributed by atoms with Crippen LogP contribution in [-0.4, -0.2) is 52.3 Å². The van der Waals surface area contributed by atoms with Crippen LogP contribution >= 0.6 is 11.6 Å². The van der Waals surface area contributed by atoms with E-state index < -0.39 is 12.0 Å². The molecule has 1 aromatic carbocycles. The van der Waals surface area contributed by atoms with Gasteiger partial charge in [-0.15, -0.1) is 0 Å². The van der Waals surface area contributed by atoms with Gasteiger partial charge in [0.25, 0.3) is 5.91 Å². The van der Waals surface area contributed by atoms with Crippen LogP contribution in [0.1, 0.15) is 25.7 Å². The number of benzene rings is 1. The number of likely N-dealkylation sites (tertiary alicyclic amines) is 1. The summed E-state index contributed by atoms with van der Waals surface area (Å²) in [7, 11) is 4.33. The summed E-state index contributed by atoms with van der Waals surface area (Å²) in [5.41, 5.74) is 0.439. The van der Waals surface area contributed by atoms with Crippen molar-refractivity contribution in [2.45, 2.75) is 31.7 Å². The van der Waals surface area contributed by atoms with Gasteiger partial charge in [0.15, 0.2) is 6.04 Å². The zero-order chi connectivity index (χ0) is 19.1. The van der Waals surface area contributed by atoms with E-state index in [1.807, 2.05) is 0 Å². The second-order valence-electron chi connectivity index (χ2n) is 6.23. The number of anilines is 1. The van der Waals surface area contributed by atoms with Crippen LogP contribution in [0.4, 0.5) is 5.69 Å². The van der Waals surface area contributed by atoms with Crippen LogP contribution in [0.5, 0.6) is 11.5 Å². The molecule has 1 heterocycles. The topological polar surface area (TPSA) is 78.3 Å². The molecule has 2 N–H and O–H groups in total. The van der Waals surface area contributed by atoms with E-state index in [0.717, 1.165) is 37.3 Å². The predicted molar refractivity (Wildman–Crippen MR) is 98.2 cm³/mol. The minimum atomic E-state index is -0.520. The normalized spacial score (nSPS) is 15.8. The van der Waals surface area contributed by atoms with E-state index in [2.05, 4.69) is 5.32 Å². The number of carbonyl (C=O) groups is 2. The number of nitrogens with one attached hydrogen (secondary N) is 2. The maximum atomic E-state index is 12.9. The second kappa shape index (κ2) is 9.64. The van der Waals surface area contributed by atoms with Gasteiger partial charge >= 0.3 is 5.97 Å². The van der Waals surface area contributed by atoms with E-state index in [9.17, 15) is 9.59 Å². The Bertz CT molecular complexity index is 647. The van der Waals surface area contributed by atoms with E-state index in [1.165, 1.54) is 21.3 Å². The van der Waals surface area contributed by atoms with E-state index in [0.29, 0.717) is 22.2 Å². The molecule has 0 aromatic heterocycles. The number of esters is 1. The van der Waals surface area contributed by atoms with Crippen molar-refractivity contribution in [3.05, 3.63) is 17.2 Å². The lowest BCUT2D eigenvalue weighted by Gasteiger charge is -2.30. The molecule has 0 aliphatic carbocycles. The molecule has 0 unspecified atom stereocenters. The fourth-order valence-corrected chi connectivity index (χ4v) is 3.45. The number of methoxy groups -OCH3 is 3. The van der Waals surface area contributed by atoms with Crippen molar-refractivity contribution >= 4 is 29.2 Å². The Morgan fingerprint density at radius 2 is 1.77 bits per heavy atom. The van der Waals surface area contributed by atoms with Crippen LogP contribution in [0.25, 0.3) is 0 Å². The number of rotatable bonds is 7. The van der Waals surface area contributed by atoms with Gasteiger partial charge in [0.1, 0.15) is 17.9 Å². The number of ether oxygens (including phenoxy) is 3. The van der Waals surface area contributed by atoms with Gasteiger partial charge in [-0.2, -0.15) is 0 Å². The molecule has 0 saturated carbocycles. The quantitative estimate of drug-likeness (QED) is 0.692. The molecule has 1 aliphatic rings. The molecule has 8 heteroatoms. The average molecular weight is 386 g/mol. The molecule has 1 amide bonds. The number of halogens is 1. The standard InChI is InChI=1S/C18H25ClN2O5/c1-24-15-11-16(25-2)13(9-12(15)19)20-18(23)14(10-17(22)26-3)21-7-5-4-6-8-21/h9,11,14H,4-8,10H2,1-3H3,(H,20,23)/p+1/t14-/m1/s1. The monoisotopic (exact) mass is 385 g/mol. The minimum absolute atomic E-state index is 0.0316. The van der Waals surface area contributed by atoms with Gasteiger partial charge in [-0.25, -0.2) is 0 Å². The van der Waals surface area contributed by atoms with Crippen LogP contribution in [-0.2, 0) is 14.3 Å². The van der Waals surface area contributed by atoms with Crippen molar-refractivity contribution in [2.24, 2.45) is 0 Å². The summed E-state index contributed by atoms with van der Waals surface area (Å²) >= 11 is 6.17. The number of hydrogen-bond donors (Lipinski definition) is 2. The van der Waals surface area contributed by atoms with E-state index in [1.54, 1.807) is 12.1 Å². The van der Waals surface area contributed by atoms with Crippen molar-refractivity contribution in [1.29, 1.82) is 0 Å². The Kier molecular flexibility index (Phi) is 7.53. The van der Waals surface area contributed by atoms with Crippen molar-refractivity contribution < 1.29 is 28.7 Å². The molecule has 1 aliphatic heterocycles. The first-order chi connectivity index (χ1) is 12.5. The lowest BCUT2D eigenvalue weighted by molar-refractivity contribution is -0.920. The molecule has 0 spiro atoms. The molecular formula is C18H26ClN2O5+. The molecule has 7 nitrogen and oxygen atoms in total. The Morgan fingerprint density at radius 3 is 2.35 bits per heavy atom. The molecule has 1 saturated heterocycles. The third-order valence-corrected chi connectivity index (χ3v) is 4.93. The number of hydrogen-bond acceptors (Lipinski definition) is 5. The summed E-state index contributed by atoms with van der Waals surface area (Å²) in [5.74, 6) is 0.231. The highest BCUT2D eigenvalue weighted by atomic mass is 35.5. The van der Waals surface area contributed by atoms with Crippen molar-refractivity contribution in [3.8, 4) is 11.5 Å². The Hall–Kier alpha value is -1.99. The Balaban J connectivity index is 2.22. The number of carbonyl (C=O) groups excluding carboxylic acids is 2. The predicted octanol–water partition coefficient (Wildman–Crippen LogP) is 1.30. The summed E-state index contributed by atoms with van der Waals surface area (Å²) in [6, 6.07) is 2.67. The van der Waals surface area contributed by atoms with Crippen LogP contribution in [0.3, 0.4) is 0 Å². The van der Waals surface area contributed by atoms with Gasteiger partial charge in [-0.3, -0.25) is 9.59 Å². The molecule has 2 rings (SSSR count). The zero-order valence-corrected chi connectivity index (χ0v) is 16.1. The summed E-state index contributed by atoms with van der Waals surface area (Å²) in [6.45, 7) is 1.71. The van der Waals surface area contributed by atoms with E-state index in [-0.39, 0.29) is 12.3 Å². The first-order valence-corrected chi connectivity index (χ1v) is 9.01. The molecule has 1 atom stereocenters. The average Bonchev–Trinajstić information content (AvgIpc) is 2.66. The molecule has 0 bridgehead atoms. The maximum absolute atomic E-state index is 12.9. The summed E-state index contributed by atoms with van der Waals surface area (Å²) in [4.78, 5) is 25.8. The number of amides is 1. The van der Waals surface area contributed by atoms with Crippen LogP contribution < -0.4 is 19.7 Å². The van der Waals surface area contributed by atoms with Gasteiger partial charge in [0.05, 0.1) is 45.1 Å². The SMILES string of the molecule is COC(=O)C[C@H](C(=O)Nc1cc(Cl)c(OC)cc1OC)[NH+]1CCCCC1. The van der Waals surface area contributed by atoms with Gasteiger partial charge in [0, 0.05) is 6.07 Å². The molecular weight excluding hydrogens is 360 g/mol. The molecule has 0 radical (unpaired) electrons. The Morgan fingerprint density at radius 1 is 1.12 bits per heavy atom. The van der Waals surface area contributed by atoms with E-state index in [4.69, 9.17) is 25.8 Å². The number of piperidine rings is 1. The molecule has 1 aromatic rings. The summed E-state index contributed by atoms with van der Waals surface area (Å²) in [6.07, 6.45) is 3.26. The highest BCUT2D eigenvalue weighted by Crippen LogP contribution is 2.35. The summed E-state index contributed by atoms with van der Waals surface area (Å²) < 4.78 is 15.3. The summed E-state index contributed by atoms with van der Waals surface area (Å²) in [5, 5.41) is 3.21. The van der Waals surface area contributed by atoms with Gasteiger partial charge < -0.3 is 24.4 Å². The molecule has 144 valence electrons.